The van der Waals surface area contributed by atoms with Crippen molar-refractivity contribution in [3.05, 3.63) is 47.4 Å². The Balaban J connectivity index is 2.06. The van der Waals surface area contributed by atoms with Crippen LogP contribution in [0.1, 0.15) is 36.6 Å². The lowest BCUT2D eigenvalue weighted by Crippen LogP contribution is -2.00. The highest BCUT2D eigenvalue weighted by molar-refractivity contribution is 5.41. The SMILES string of the molecule is Cc1cc(Oc2cc(C(C)C)ccc2C)n2ncnc2n1. The highest BCUT2D eigenvalue weighted by atomic mass is 16.5. The molecule has 0 amide bonds. The summed E-state index contributed by atoms with van der Waals surface area (Å²) in [6, 6.07) is 8.16. The molecule has 0 radical (unpaired) electrons. The van der Waals surface area contributed by atoms with E-state index in [4.69, 9.17) is 4.74 Å². The summed E-state index contributed by atoms with van der Waals surface area (Å²) in [6.45, 7) is 8.28. The first-order valence-corrected chi connectivity index (χ1v) is 7.00. The van der Waals surface area contributed by atoms with Gasteiger partial charge >= 0.3 is 0 Å². The van der Waals surface area contributed by atoms with Crippen LogP contribution in [0.15, 0.2) is 30.6 Å². The van der Waals surface area contributed by atoms with Gasteiger partial charge in [-0.15, -0.1) is 0 Å². The third-order valence-corrected chi connectivity index (χ3v) is 3.44. The van der Waals surface area contributed by atoms with Crippen molar-refractivity contribution in [2.24, 2.45) is 0 Å². The molecular formula is C16H18N4O. The van der Waals surface area contributed by atoms with Gasteiger partial charge in [0.25, 0.3) is 5.78 Å². The second-order valence-corrected chi connectivity index (χ2v) is 5.49. The minimum Gasteiger partial charge on any atom is -0.439 e. The van der Waals surface area contributed by atoms with Crippen LogP contribution in [0.5, 0.6) is 11.6 Å². The van der Waals surface area contributed by atoms with Gasteiger partial charge in [0.2, 0.25) is 5.88 Å². The lowest BCUT2D eigenvalue weighted by Gasteiger charge is -2.13. The number of benzene rings is 1. The highest BCUT2D eigenvalue weighted by Crippen LogP contribution is 2.28. The lowest BCUT2D eigenvalue weighted by atomic mass is 10.0. The molecule has 0 bridgehead atoms. The molecule has 0 aliphatic carbocycles. The second-order valence-electron chi connectivity index (χ2n) is 5.49. The monoisotopic (exact) mass is 282 g/mol. The summed E-state index contributed by atoms with van der Waals surface area (Å²) in [6.07, 6.45) is 1.48. The number of ether oxygens (including phenoxy) is 1. The van der Waals surface area contributed by atoms with Crippen LogP contribution in [-0.4, -0.2) is 19.6 Å². The lowest BCUT2D eigenvalue weighted by molar-refractivity contribution is 0.441. The van der Waals surface area contributed by atoms with Gasteiger partial charge in [-0.1, -0.05) is 26.0 Å². The predicted molar refractivity (Wildman–Crippen MR) is 80.9 cm³/mol. The smallest absolute Gasteiger partial charge is 0.255 e. The predicted octanol–water partition coefficient (Wildman–Crippen LogP) is 3.66. The van der Waals surface area contributed by atoms with Crippen molar-refractivity contribution >= 4 is 5.78 Å². The van der Waals surface area contributed by atoms with Crippen LogP contribution in [0.2, 0.25) is 0 Å². The van der Waals surface area contributed by atoms with Crippen molar-refractivity contribution in [1.82, 2.24) is 19.6 Å². The molecule has 108 valence electrons. The Morgan fingerprint density at radius 3 is 2.71 bits per heavy atom. The van der Waals surface area contributed by atoms with Crippen molar-refractivity contribution < 1.29 is 4.74 Å². The van der Waals surface area contributed by atoms with Crippen LogP contribution in [0.3, 0.4) is 0 Å². The fourth-order valence-corrected chi connectivity index (χ4v) is 2.17. The van der Waals surface area contributed by atoms with E-state index in [1.165, 1.54) is 11.9 Å². The molecule has 0 unspecified atom stereocenters. The molecule has 0 atom stereocenters. The largest absolute Gasteiger partial charge is 0.439 e. The zero-order chi connectivity index (χ0) is 15.0. The van der Waals surface area contributed by atoms with Crippen LogP contribution in [0, 0.1) is 13.8 Å². The van der Waals surface area contributed by atoms with E-state index in [2.05, 4.69) is 47.1 Å². The van der Waals surface area contributed by atoms with Gasteiger partial charge in [0.15, 0.2) is 0 Å². The molecule has 3 aromatic rings. The molecule has 0 fully saturated rings. The summed E-state index contributed by atoms with van der Waals surface area (Å²) in [5.41, 5.74) is 3.18. The first-order valence-electron chi connectivity index (χ1n) is 7.00. The molecule has 0 aliphatic rings. The van der Waals surface area contributed by atoms with E-state index in [-0.39, 0.29) is 0 Å². The normalized spacial score (nSPS) is 11.3. The average molecular weight is 282 g/mol. The van der Waals surface area contributed by atoms with Gasteiger partial charge in [0, 0.05) is 11.8 Å². The number of hydrogen-bond acceptors (Lipinski definition) is 4. The van der Waals surface area contributed by atoms with Gasteiger partial charge in [0.1, 0.15) is 12.1 Å². The van der Waals surface area contributed by atoms with E-state index in [0.29, 0.717) is 17.6 Å². The molecule has 5 heteroatoms. The topological polar surface area (TPSA) is 52.3 Å². The molecule has 3 rings (SSSR count). The zero-order valence-electron chi connectivity index (χ0n) is 12.7. The number of fused-ring (bicyclic) bond motifs is 1. The summed E-state index contributed by atoms with van der Waals surface area (Å²) in [5, 5.41) is 4.16. The van der Waals surface area contributed by atoms with Crippen LogP contribution >= 0.6 is 0 Å². The van der Waals surface area contributed by atoms with E-state index >= 15 is 0 Å². The Labute approximate surface area is 123 Å². The Bertz CT molecular complexity index is 792. The maximum atomic E-state index is 6.07. The van der Waals surface area contributed by atoms with Crippen LogP contribution in [-0.2, 0) is 0 Å². The summed E-state index contributed by atoms with van der Waals surface area (Å²) < 4.78 is 7.68. The molecule has 0 saturated heterocycles. The van der Waals surface area contributed by atoms with E-state index in [1.54, 1.807) is 4.52 Å². The summed E-state index contributed by atoms with van der Waals surface area (Å²) in [4.78, 5) is 8.43. The van der Waals surface area contributed by atoms with Gasteiger partial charge in [-0.3, -0.25) is 0 Å². The molecule has 21 heavy (non-hydrogen) atoms. The van der Waals surface area contributed by atoms with E-state index in [1.807, 2.05) is 19.9 Å². The average Bonchev–Trinajstić information content (AvgIpc) is 2.89. The standard InChI is InChI=1S/C16H18N4O/c1-10(2)13-6-5-11(3)14(8-13)21-15-7-12(4)19-16-17-9-18-20(15)16/h5-10H,1-4H3. The molecule has 2 heterocycles. The Morgan fingerprint density at radius 1 is 1.14 bits per heavy atom. The Hall–Kier alpha value is -2.43. The number of hydrogen-bond donors (Lipinski definition) is 0. The zero-order valence-corrected chi connectivity index (χ0v) is 12.7. The van der Waals surface area contributed by atoms with Crippen molar-refractivity contribution in [2.75, 3.05) is 0 Å². The second kappa shape index (κ2) is 5.16. The van der Waals surface area contributed by atoms with Crippen molar-refractivity contribution in [3.63, 3.8) is 0 Å². The van der Waals surface area contributed by atoms with Gasteiger partial charge in [-0.25, -0.2) is 4.98 Å². The maximum Gasteiger partial charge on any atom is 0.255 e. The Morgan fingerprint density at radius 2 is 1.95 bits per heavy atom. The van der Waals surface area contributed by atoms with E-state index in [9.17, 15) is 0 Å². The molecule has 5 nitrogen and oxygen atoms in total. The molecule has 0 aliphatic heterocycles. The van der Waals surface area contributed by atoms with E-state index in [0.717, 1.165) is 17.0 Å². The molecule has 0 spiro atoms. The first kappa shape index (κ1) is 13.5. The number of aromatic nitrogens is 4. The maximum absolute atomic E-state index is 6.07. The van der Waals surface area contributed by atoms with Crippen LogP contribution in [0.4, 0.5) is 0 Å². The van der Waals surface area contributed by atoms with Gasteiger partial charge < -0.3 is 4.74 Å². The third kappa shape index (κ3) is 2.59. The minimum absolute atomic E-state index is 0.457. The fourth-order valence-electron chi connectivity index (χ4n) is 2.17. The van der Waals surface area contributed by atoms with Gasteiger partial charge in [0.05, 0.1) is 0 Å². The number of aryl methyl sites for hydroxylation is 2. The molecule has 0 N–H and O–H groups in total. The molecule has 0 saturated carbocycles. The van der Waals surface area contributed by atoms with Crippen molar-refractivity contribution in [1.29, 1.82) is 0 Å². The highest BCUT2D eigenvalue weighted by Gasteiger charge is 2.10. The fraction of sp³-hybridized carbons (Fsp3) is 0.312. The van der Waals surface area contributed by atoms with Gasteiger partial charge in [-0.2, -0.15) is 14.6 Å². The van der Waals surface area contributed by atoms with Crippen LogP contribution in [0.25, 0.3) is 5.78 Å². The summed E-state index contributed by atoms with van der Waals surface area (Å²) in [5.74, 6) is 2.46. The molecule has 1 aromatic carbocycles. The quantitative estimate of drug-likeness (QED) is 0.735. The number of rotatable bonds is 3. The first-order chi connectivity index (χ1) is 10.0. The van der Waals surface area contributed by atoms with Crippen molar-refractivity contribution in [2.45, 2.75) is 33.6 Å². The minimum atomic E-state index is 0.457. The van der Waals surface area contributed by atoms with Crippen molar-refractivity contribution in [3.8, 4) is 11.6 Å². The summed E-state index contributed by atoms with van der Waals surface area (Å²) >= 11 is 0. The van der Waals surface area contributed by atoms with Gasteiger partial charge in [-0.05, 0) is 37.0 Å². The van der Waals surface area contributed by atoms with E-state index < -0.39 is 0 Å². The summed E-state index contributed by atoms with van der Waals surface area (Å²) in [7, 11) is 0. The number of nitrogens with zero attached hydrogens (tertiary/aromatic N) is 4. The van der Waals surface area contributed by atoms with Crippen LogP contribution < -0.4 is 4.74 Å². The molecule has 2 aromatic heterocycles. The molecular weight excluding hydrogens is 264 g/mol. The third-order valence-electron chi connectivity index (χ3n) is 3.44. The Kier molecular flexibility index (Phi) is 3.33.